The molecule has 0 bridgehead atoms. The molecule has 14 heavy (non-hydrogen) atoms. The molecule has 74 valence electrons. The molecule has 0 fully saturated rings. The molecule has 2 rings (SSSR count). The predicted octanol–water partition coefficient (Wildman–Crippen LogP) is 0.602. The van der Waals surface area contributed by atoms with Gasteiger partial charge in [-0.3, -0.25) is 0 Å². The summed E-state index contributed by atoms with van der Waals surface area (Å²) in [5.41, 5.74) is 1.47. The first-order valence-corrected chi connectivity index (χ1v) is 4.28. The Balaban J connectivity index is 2.69. The molecule has 5 nitrogen and oxygen atoms in total. The van der Waals surface area contributed by atoms with Gasteiger partial charge in [-0.1, -0.05) is 12.1 Å². The molecule has 5 heteroatoms. The Labute approximate surface area is 82.2 Å². The number of hydrogen-bond acceptors (Lipinski definition) is 3. The summed E-state index contributed by atoms with van der Waals surface area (Å²) in [5.74, 6) is 5.78. The monoisotopic (exact) mass is 192 g/mol. The zero-order valence-corrected chi connectivity index (χ0v) is 8.14. The van der Waals surface area contributed by atoms with Crippen LogP contribution in [0.4, 0.5) is 5.69 Å². The molecular weight excluding hydrogens is 180 g/mol. The topological polar surface area (TPSA) is 64.7 Å². The van der Waals surface area contributed by atoms with Crippen LogP contribution in [0.2, 0.25) is 0 Å². The van der Waals surface area contributed by atoms with E-state index >= 15 is 0 Å². The van der Waals surface area contributed by atoms with Crippen molar-refractivity contribution in [1.29, 1.82) is 0 Å². The van der Waals surface area contributed by atoms with Crippen LogP contribution in [-0.4, -0.2) is 24.9 Å². The third-order valence-corrected chi connectivity index (χ3v) is 2.59. The molecule has 0 saturated carbocycles. The fraction of sp³-hybridized carbons (Fsp3) is 0.222. The van der Waals surface area contributed by atoms with Crippen LogP contribution in [0.5, 0.6) is 0 Å². The van der Waals surface area contributed by atoms with Crippen molar-refractivity contribution >= 4 is 11.5 Å². The summed E-state index contributed by atoms with van der Waals surface area (Å²) in [6.07, 6.45) is 0. The van der Waals surface area contributed by atoms with Gasteiger partial charge in [0.2, 0.25) is 5.84 Å². The Kier molecular flexibility index (Phi) is 1.73. The van der Waals surface area contributed by atoms with Gasteiger partial charge in [-0.25, -0.2) is 9.76 Å². The van der Waals surface area contributed by atoms with Crippen LogP contribution in [0.1, 0.15) is 5.56 Å². The Bertz CT molecular complexity index is 400. The van der Waals surface area contributed by atoms with Crippen molar-refractivity contribution in [3.05, 3.63) is 35.0 Å². The number of nitrogens with zero attached hydrogens (tertiary/aromatic N) is 3. The van der Waals surface area contributed by atoms with E-state index < -0.39 is 4.76 Å². The number of hydrogen-bond donors (Lipinski definition) is 1. The maximum atomic E-state index is 12.2. The second-order valence-corrected chi connectivity index (χ2v) is 3.37. The van der Waals surface area contributed by atoms with Gasteiger partial charge >= 0.3 is 0 Å². The van der Waals surface area contributed by atoms with E-state index in [4.69, 9.17) is 5.84 Å². The van der Waals surface area contributed by atoms with Gasteiger partial charge in [0.05, 0.1) is 19.7 Å². The van der Waals surface area contributed by atoms with Crippen LogP contribution < -0.4 is 10.6 Å². The molecule has 1 heterocycles. The van der Waals surface area contributed by atoms with Gasteiger partial charge in [0, 0.05) is 6.07 Å². The van der Waals surface area contributed by atoms with Crippen molar-refractivity contribution in [3.63, 3.8) is 0 Å². The number of hydrazone groups is 1. The van der Waals surface area contributed by atoms with Gasteiger partial charge in [0.15, 0.2) is 5.69 Å². The summed E-state index contributed by atoms with van der Waals surface area (Å²) < 4.78 is -0.591. The van der Waals surface area contributed by atoms with E-state index in [1.807, 2.05) is 18.2 Å². The molecule has 0 saturated heterocycles. The highest BCUT2D eigenvalue weighted by Gasteiger charge is 2.37. The van der Waals surface area contributed by atoms with Crippen LogP contribution >= 0.6 is 0 Å². The Hall–Kier alpha value is -1.59. The number of benzene rings is 1. The van der Waals surface area contributed by atoms with E-state index in [0.717, 1.165) is 5.56 Å². The molecule has 0 amide bonds. The molecule has 0 spiro atoms. The molecule has 1 aromatic carbocycles. The van der Waals surface area contributed by atoms with Gasteiger partial charge < -0.3 is 11.0 Å². The molecule has 0 radical (unpaired) electrons. The van der Waals surface area contributed by atoms with Crippen LogP contribution in [-0.2, 0) is 0 Å². The molecule has 1 aromatic rings. The lowest BCUT2D eigenvalue weighted by atomic mass is 10.2. The number of amidine groups is 1. The second kappa shape index (κ2) is 2.70. The highest BCUT2D eigenvalue weighted by atomic mass is 16.6. The summed E-state index contributed by atoms with van der Waals surface area (Å²) in [4.78, 5) is 0. The lowest BCUT2D eigenvalue weighted by Crippen LogP contribution is -2.50. The first-order valence-electron chi connectivity index (χ1n) is 4.28. The molecule has 1 unspecified atom stereocenters. The third kappa shape index (κ3) is 0.934. The first kappa shape index (κ1) is 8.98. The summed E-state index contributed by atoms with van der Waals surface area (Å²) in [6, 6.07) is 7.33. The van der Waals surface area contributed by atoms with Crippen LogP contribution in [0, 0.1) is 5.21 Å². The van der Waals surface area contributed by atoms with Crippen molar-refractivity contribution in [2.75, 3.05) is 14.1 Å². The largest absolute Gasteiger partial charge is 0.601 e. The van der Waals surface area contributed by atoms with E-state index in [1.54, 1.807) is 20.2 Å². The standard InChI is InChI=1S/C9H12N4O/c1-12-9(11-10)7-5-3-4-6-8(7)13(12,2)14/h3-6H,10H2,1-2H3. The van der Waals surface area contributed by atoms with E-state index in [0.29, 0.717) is 11.5 Å². The van der Waals surface area contributed by atoms with Crippen molar-refractivity contribution in [1.82, 2.24) is 9.76 Å². The van der Waals surface area contributed by atoms with Crippen molar-refractivity contribution in [2.45, 2.75) is 0 Å². The smallest absolute Gasteiger partial charge is 0.209 e. The second-order valence-electron chi connectivity index (χ2n) is 3.37. The summed E-state index contributed by atoms with van der Waals surface area (Å²) in [7, 11) is 3.23. The minimum atomic E-state index is -0.591. The van der Waals surface area contributed by atoms with E-state index in [2.05, 4.69) is 5.10 Å². The van der Waals surface area contributed by atoms with E-state index in [9.17, 15) is 5.21 Å². The molecular formula is C9H12N4O. The fourth-order valence-electron chi connectivity index (χ4n) is 1.69. The van der Waals surface area contributed by atoms with Gasteiger partial charge in [0.25, 0.3) is 0 Å². The number of para-hydroxylation sites is 1. The number of hydroxylamine groups is 1. The zero-order valence-electron chi connectivity index (χ0n) is 8.14. The van der Waals surface area contributed by atoms with Crippen molar-refractivity contribution < 1.29 is 0 Å². The summed E-state index contributed by atoms with van der Waals surface area (Å²) in [6.45, 7) is 0. The average molecular weight is 192 g/mol. The molecule has 1 atom stereocenters. The third-order valence-electron chi connectivity index (χ3n) is 2.59. The fourth-order valence-corrected chi connectivity index (χ4v) is 1.69. The number of nitrogens with two attached hydrogens (primary N) is 1. The number of rotatable bonds is 0. The zero-order chi connectivity index (χ0) is 10.3. The van der Waals surface area contributed by atoms with Gasteiger partial charge in [0.1, 0.15) is 0 Å². The van der Waals surface area contributed by atoms with Crippen molar-refractivity contribution in [2.24, 2.45) is 10.9 Å². The van der Waals surface area contributed by atoms with Crippen molar-refractivity contribution in [3.8, 4) is 0 Å². The lowest BCUT2D eigenvalue weighted by molar-refractivity contribution is 0.192. The molecule has 2 N–H and O–H groups in total. The van der Waals surface area contributed by atoms with Crippen LogP contribution in [0.25, 0.3) is 0 Å². The lowest BCUT2D eigenvalue weighted by Gasteiger charge is -2.38. The quantitative estimate of drug-likeness (QED) is 0.283. The summed E-state index contributed by atoms with van der Waals surface area (Å²) >= 11 is 0. The normalized spacial score (nSPS) is 28.2. The minimum Gasteiger partial charge on any atom is -0.601 e. The molecule has 0 aliphatic carbocycles. The Morgan fingerprint density at radius 1 is 1.43 bits per heavy atom. The highest BCUT2D eigenvalue weighted by molar-refractivity contribution is 6.06. The molecule has 1 aliphatic heterocycles. The molecule has 0 aromatic heterocycles. The molecule has 1 aliphatic rings. The van der Waals surface area contributed by atoms with Gasteiger partial charge in [-0.05, 0) is 6.07 Å². The number of quaternary nitrogens is 1. The van der Waals surface area contributed by atoms with E-state index in [-0.39, 0.29) is 0 Å². The Morgan fingerprint density at radius 2 is 2.07 bits per heavy atom. The number of fused-ring (bicyclic) bond motifs is 1. The maximum Gasteiger partial charge on any atom is 0.209 e. The summed E-state index contributed by atoms with van der Waals surface area (Å²) in [5, 5.41) is 17.3. The first-order chi connectivity index (χ1) is 6.59. The SMILES string of the molecule is CN1C(=NN)c2ccccc2[N+]1(C)[O-]. The Morgan fingerprint density at radius 3 is 2.71 bits per heavy atom. The van der Waals surface area contributed by atoms with Gasteiger partial charge in [-0.15, -0.1) is 0 Å². The highest BCUT2D eigenvalue weighted by Crippen LogP contribution is 2.34. The minimum absolute atomic E-state index is 0.526. The van der Waals surface area contributed by atoms with Crippen LogP contribution in [0.15, 0.2) is 29.4 Å². The van der Waals surface area contributed by atoms with E-state index in [1.165, 1.54) is 5.01 Å². The van der Waals surface area contributed by atoms with Crippen LogP contribution in [0.3, 0.4) is 0 Å². The predicted molar refractivity (Wildman–Crippen MR) is 56.0 cm³/mol. The average Bonchev–Trinajstić information content (AvgIpc) is 2.37. The maximum absolute atomic E-state index is 12.2. The van der Waals surface area contributed by atoms with Gasteiger partial charge in [-0.2, -0.15) is 5.10 Å².